The van der Waals surface area contributed by atoms with Gasteiger partial charge >= 0.3 is 0 Å². The summed E-state index contributed by atoms with van der Waals surface area (Å²) in [6, 6.07) is 16.5. The molecule has 32 heavy (non-hydrogen) atoms. The third-order valence-corrected chi connectivity index (χ3v) is 5.85. The number of aromatic nitrogens is 4. The van der Waals surface area contributed by atoms with Gasteiger partial charge in [-0.3, -0.25) is 0 Å². The van der Waals surface area contributed by atoms with Crippen LogP contribution in [0, 0.1) is 5.82 Å². The number of nitrogens with two attached hydrogens (primary N) is 1. The lowest BCUT2D eigenvalue weighted by atomic mass is 10.1. The number of benzene rings is 2. The maximum Gasteiger partial charge on any atom is 0.225 e. The van der Waals surface area contributed by atoms with Crippen molar-refractivity contribution >= 4 is 22.8 Å². The van der Waals surface area contributed by atoms with Crippen LogP contribution in [0.2, 0.25) is 0 Å². The van der Waals surface area contributed by atoms with Gasteiger partial charge in [-0.1, -0.05) is 42.5 Å². The zero-order chi connectivity index (χ0) is 21.9. The number of halogens is 1. The van der Waals surface area contributed by atoms with Crippen LogP contribution >= 0.6 is 0 Å². The minimum Gasteiger partial charge on any atom is -0.383 e. The molecule has 8 heteroatoms. The normalized spacial score (nSPS) is 14.3. The summed E-state index contributed by atoms with van der Waals surface area (Å²) in [5, 5.41) is 8.50. The first-order valence-electron chi connectivity index (χ1n) is 11.0. The molecule has 2 aromatic heterocycles. The van der Waals surface area contributed by atoms with Crippen molar-refractivity contribution in [1.29, 1.82) is 0 Å². The van der Waals surface area contributed by atoms with Gasteiger partial charge in [-0.15, -0.1) is 5.10 Å². The second kappa shape index (κ2) is 8.92. The number of nitrogens with zero attached hydrogens (tertiary/aromatic N) is 5. The smallest absolute Gasteiger partial charge is 0.225 e. The number of rotatable bonds is 7. The molecule has 7 nitrogen and oxygen atoms in total. The minimum atomic E-state index is -0.356. The Morgan fingerprint density at radius 1 is 0.969 bits per heavy atom. The number of hydrogen-bond donors (Lipinski definition) is 2. The second-order valence-electron chi connectivity index (χ2n) is 8.08. The predicted molar refractivity (Wildman–Crippen MR) is 125 cm³/mol. The summed E-state index contributed by atoms with van der Waals surface area (Å²) in [7, 11) is 0. The van der Waals surface area contributed by atoms with E-state index in [4.69, 9.17) is 5.73 Å². The maximum absolute atomic E-state index is 14.7. The quantitative estimate of drug-likeness (QED) is 0.463. The van der Waals surface area contributed by atoms with Crippen molar-refractivity contribution in [1.82, 2.24) is 24.6 Å². The molecule has 1 aliphatic rings. The van der Waals surface area contributed by atoms with Crippen LogP contribution < -0.4 is 11.1 Å². The van der Waals surface area contributed by atoms with Gasteiger partial charge in [0.1, 0.15) is 11.6 Å². The Morgan fingerprint density at radius 2 is 1.72 bits per heavy atom. The molecule has 0 bridgehead atoms. The molecule has 0 spiro atoms. The fraction of sp³-hybridized carbons (Fsp3) is 0.292. The van der Waals surface area contributed by atoms with Gasteiger partial charge in [0.25, 0.3) is 0 Å². The van der Waals surface area contributed by atoms with Crippen molar-refractivity contribution < 1.29 is 4.39 Å². The average Bonchev–Trinajstić information content (AvgIpc) is 3.43. The topological polar surface area (TPSA) is 84.9 Å². The minimum absolute atomic E-state index is 0.356. The molecule has 1 saturated heterocycles. The van der Waals surface area contributed by atoms with Crippen molar-refractivity contribution in [2.75, 3.05) is 37.2 Å². The lowest BCUT2D eigenvalue weighted by Crippen LogP contribution is -2.26. The molecule has 3 N–H and O–H groups in total. The summed E-state index contributed by atoms with van der Waals surface area (Å²) in [5.74, 6) is 0.496. The highest BCUT2D eigenvalue weighted by Gasteiger charge is 2.20. The molecule has 2 aromatic carbocycles. The first-order valence-corrected chi connectivity index (χ1v) is 11.0. The van der Waals surface area contributed by atoms with E-state index in [0.717, 1.165) is 25.2 Å². The van der Waals surface area contributed by atoms with Crippen LogP contribution in [0.5, 0.6) is 0 Å². The fourth-order valence-corrected chi connectivity index (χ4v) is 4.19. The Bertz CT molecular complexity index is 1220. The lowest BCUT2D eigenvalue weighted by molar-refractivity contribution is 0.352. The van der Waals surface area contributed by atoms with Crippen molar-refractivity contribution in [2.24, 2.45) is 0 Å². The van der Waals surface area contributed by atoms with Crippen LogP contribution in [0.25, 0.3) is 22.3 Å². The molecule has 0 unspecified atom stereocenters. The molecule has 3 heterocycles. The number of hydrogen-bond acceptors (Lipinski definition) is 6. The van der Waals surface area contributed by atoms with Gasteiger partial charge in [0.2, 0.25) is 5.95 Å². The highest BCUT2D eigenvalue weighted by Crippen LogP contribution is 2.33. The molecule has 0 atom stereocenters. The standard InChI is InChI=1S/C24H26FN7/c25-19-11-5-4-10-18(19)21-20-22(26)32(16-17-8-2-1-3-9-17)30-23(20)29-24(28-21)27-12-15-31-13-6-7-14-31/h1-5,8-11H,6-7,12-16,26H2,(H,27,29,30). The van der Waals surface area contributed by atoms with Crippen molar-refractivity contribution in [3.05, 3.63) is 66.0 Å². The van der Waals surface area contributed by atoms with Crippen LogP contribution in [-0.4, -0.2) is 50.8 Å². The molecule has 4 aromatic rings. The first kappa shape index (κ1) is 20.4. The van der Waals surface area contributed by atoms with Gasteiger partial charge in [-0.25, -0.2) is 14.1 Å². The molecule has 0 aliphatic carbocycles. The summed E-state index contributed by atoms with van der Waals surface area (Å²) in [5.41, 5.74) is 8.83. The molecule has 0 saturated carbocycles. The molecule has 0 radical (unpaired) electrons. The van der Waals surface area contributed by atoms with E-state index in [1.807, 2.05) is 30.3 Å². The van der Waals surface area contributed by atoms with Gasteiger partial charge in [0.15, 0.2) is 5.65 Å². The van der Waals surface area contributed by atoms with E-state index >= 15 is 0 Å². The van der Waals surface area contributed by atoms with E-state index < -0.39 is 0 Å². The number of nitrogens with one attached hydrogen (secondary N) is 1. The van der Waals surface area contributed by atoms with Crippen molar-refractivity contribution in [3.8, 4) is 11.3 Å². The third kappa shape index (κ3) is 4.13. The fourth-order valence-electron chi connectivity index (χ4n) is 4.19. The van der Waals surface area contributed by atoms with Gasteiger partial charge in [-0.05, 0) is 43.6 Å². The number of nitrogen functional groups attached to an aromatic ring is 1. The van der Waals surface area contributed by atoms with Crippen molar-refractivity contribution in [3.63, 3.8) is 0 Å². The molecular formula is C24H26FN7. The summed E-state index contributed by atoms with van der Waals surface area (Å²) in [4.78, 5) is 11.7. The van der Waals surface area contributed by atoms with E-state index in [1.54, 1.807) is 22.9 Å². The summed E-state index contributed by atoms with van der Waals surface area (Å²) < 4.78 is 16.4. The van der Waals surface area contributed by atoms with Gasteiger partial charge in [-0.2, -0.15) is 4.98 Å². The summed E-state index contributed by atoms with van der Waals surface area (Å²) in [6.45, 7) is 4.38. The second-order valence-corrected chi connectivity index (χ2v) is 8.08. The first-order chi connectivity index (χ1) is 15.7. The van der Waals surface area contributed by atoms with E-state index in [2.05, 4.69) is 25.3 Å². The third-order valence-electron chi connectivity index (χ3n) is 5.85. The predicted octanol–water partition coefficient (Wildman–Crippen LogP) is 3.77. The SMILES string of the molecule is Nc1c2c(-c3ccccc3F)nc(NCCN3CCCC3)nc2nn1Cc1ccccc1. The Kier molecular flexibility index (Phi) is 5.68. The monoisotopic (exact) mass is 431 g/mol. The van der Waals surface area contributed by atoms with E-state index in [9.17, 15) is 4.39 Å². The largest absolute Gasteiger partial charge is 0.383 e. The Balaban J connectivity index is 1.53. The summed E-state index contributed by atoms with van der Waals surface area (Å²) >= 11 is 0. The molecule has 5 rings (SSSR count). The molecule has 0 amide bonds. The maximum atomic E-state index is 14.7. The summed E-state index contributed by atoms with van der Waals surface area (Å²) in [6.07, 6.45) is 2.50. The number of likely N-dealkylation sites (tertiary alicyclic amines) is 1. The van der Waals surface area contributed by atoms with Gasteiger partial charge in [0, 0.05) is 18.7 Å². The van der Waals surface area contributed by atoms with Crippen molar-refractivity contribution in [2.45, 2.75) is 19.4 Å². The van der Waals surface area contributed by atoms with Crippen LogP contribution in [0.15, 0.2) is 54.6 Å². The molecule has 164 valence electrons. The van der Waals surface area contributed by atoms with Crippen LogP contribution in [-0.2, 0) is 6.54 Å². The number of anilines is 2. The van der Waals surface area contributed by atoms with Crippen LogP contribution in [0.3, 0.4) is 0 Å². The highest BCUT2D eigenvalue weighted by atomic mass is 19.1. The van der Waals surface area contributed by atoms with Gasteiger partial charge < -0.3 is 16.0 Å². The van der Waals surface area contributed by atoms with Crippen LogP contribution in [0.4, 0.5) is 16.2 Å². The zero-order valence-electron chi connectivity index (χ0n) is 17.8. The van der Waals surface area contributed by atoms with E-state index in [0.29, 0.717) is 47.1 Å². The number of fused-ring (bicyclic) bond motifs is 1. The zero-order valence-corrected chi connectivity index (χ0v) is 17.8. The highest BCUT2D eigenvalue weighted by molar-refractivity contribution is 5.99. The average molecular weight is 432 g/mol. The Morgan fingerprint density at radius 3 is 2.50 bits per heavy atom. The lowest BCUT2D eigenvalue weighted by Gasteiger charge is -2.15. The van der Waals surface area contributed by atoms with Gasteiger partial charge in [0.05, 0.1) is 17.6 Å². The molecule has 1 fully saturated rings. The van der Waals surface area contributed by atoms with E-state index in [1.165, 1.54) is 18.9 Å². The Hall–Kier alpha value is -3.52. The van der Waals surface area contributed by atoms with E-state index in [-0.39, 0.29) is 5.82 Å². The van der Waals surface area contributed by atoms with Crippen LogP contribution in [0.1, 0.15) is 18.4 Å². The molecular weight excluding hydrogens is 405 g/mol. The Labute approximate surface area is 186 Å². The molecule has 1 aliphatic heterocycles.